The molecule has 7 heavy (non-hydrogen) atoms. The Morgan fingerprint density at radius 1 is 1.86 bits per heavy atom. The minimum absolute atomic E-state index is 0.503. The van der Waals surface area contributed by atoms with Crippen molar-refractivity contribution in [1.82, 2.24) is 0 Å². The van der Waals surface area contributed by atoms with Gasteiger partial charge in [0.15, 0.2) is 5.72 Å². The summed E-state index contributed by atoms with van der Waals surface area (Å²) in [6, 6.07) is 0. The number of aliphatic hydroxyl groups excluding tert-OH is 1. The molecule has 4 nitrogen and oxygen atoms in total. The molecule has 1 atom stereocenters. The molecule has 4 heteroatoms. The van der Waals surface area contributed by atoms with Gasteiger partial charge in [0.05, 0.1) is 6.61 Å². The second-order valence-electron chi connectivity index (χ2n) is 1.49. The lowest BCUT2D eigenvalue weighted by molar-refractivity contribution is 0.00117. The third-order valence-electron chi connectivity index (χ3n) is 0.540. The monoisotopic (exact) mass is 104 g/mol. The summed E-state index contributed by atoms with van der Waals surface area (Å²) in [5.41, 5.74) is 4.65. The Hall–Kier alpha value is -0.480. The van der Waals surface area contributed by atoms with E-state index in [2.05, 4.69) is 5.11 Å². The predicted octanol–water partition coefficient (Wildman–Crippen LogP) is -0.282. The number of hydrogen-bond acceptors (Lipinski definition) is 4. The van der Waals surface area contributed by atoms with Gasteiger partial charge in [-0.3, -0.25) is 0 Å². The first-order chi connectivity index (χ1) is 3.12. The molecule has 1 unspecified atom stereocenters. The predicted molar refractivity (Wildman–Crippen MR) is 22.9 cm³/mol. The fraction of sp³-hybridized carbons (Fsp3) is 1.00. The Kier molecular flexibility index (Phi) is 1.86. The van der Waals surface area contributed by atoms with Crippen LogP contribution >= 0.6 is 0 Å². The van der Waals surface area contributed by atoms with Crippen molar-refractivity contribution in [3.05, 3.63) is 0 Å². The second-order valence-corrected chi connectivity index (χ2v) is 1.49. The molecular weight excluding hydrogens is 96.0 g/mol. The first kappa shape index (κ1) is 6.52. The number of nitrogens with zero attached hydrogens (tertiary/aromatic N) is 1. The van der Waals surface area contributed by atoms with Crippen molar-refractivity contribution in [3.63, 3.8) is 0 Å². The maximum atomic E-state index is 8.53. The summed E-state index contributed by atoms with van der Waals surface area (Å²) in [7, 11) is 0. The van der Waals surface area contributed by atoms with Gasteiger partial charge in [-0.1, -0.05) is 0 Å². The van der Waals surface area contributed by atoms with Gasteiger partial charge < -0.3 is 10.2 Å². The van der Waals surface area contributed by atoms with Crippen LogP contribution in [0.15, 0.2) is 5.11 Å². The van der Waals surface area contributed by atoms with Gasteiger partial charge in [0.1, 0.15) is 0 Å². The SMILES string of the molecule is CC(O)(CO)N=N. The highest BCUT2D eigenvalue weighted by Crippen LogP contribution is 1.99. The highest BCUT2D eigenvalue weighted by Gasteiger charge is 2.14. The van der Waals surface area contributed by atoms with Crippen molar-refractivity contribution < 1.29 is 10.2 Å². The minimum Gasteiger partial charge on any atom is -0.391 e. The van der Waals surface area contributed by atoms with Crippen LogP contribution in [0.4, 0.5) is 0 Å². The highest BCUT2D eigenvalue weighted by atomic mass is 16.3. The fourth-order valence-corrected chi connectivity index (χ4v) is 0.0354. The average molecular weight is 104 g/mol. The largest absolute Gasteiger partial charge is 0.391 e. The molecule has 0 aromatic rings. The van der Waals surface area contributed by atoms with Crippen LogP contribution in [-0.2, 0) is 0 Å². The molecule has 0 amide bonds. The van der Waals surface area contributed by atoms with Gasteiger partial charge in [0.2, 0.25) is 0 Å². The Bertz CT molecular complexity index is 71.3. The van der Waals surface area contributed by atoms with Crippen LogP contribution in [0.2, 0.25) is 0 Å². The van der Waals surface area contributed by atoms with Crippen molar-refractivity contribution in [3.8, 4) is 0 Å². The molecule has 0 aromatic heterocycles. The summed E-state index contributed by atoms with van der Waals surface area (Å²) in [5, 5.41) is 19.4. The van der Waals surface area contributed by atoms with Gasteiger partial charge in [-0.2, -0.15) is 5.11 Å². The molecule has 0 fully saturated rings. The molecule has 0 radical (unpaired) electrons. The maximum Gasteiger partial charge on any atom is 0.196 e. The van der Waals surface area contributed by atoms with E-state index in [0.29, 0.717) is 0 Å². The summed E-state index contributed by atoms with van der Waals surface area (Å²) in [5.74, 6) is 0. The molecule has 0 spiro atoms. The lowest BCUT2D eigenvalue weighted by Crippen LogP contribution is -2.24. The summed E-state index contributed by atoms with van der Waals surface area (Å²) < 4.78 is 0. The van der Waals surface area contributed by atoms with Gasteiger partial charge in [-0.25, -0.2) is 5.53 Å². The molecule has 42 valence electrons. The summed E-state index contributed by atoms with van der Waals surface area (Å²) in [6.07, 6.45) is 0. The van der Waals surface area contributed by atoms with Crippen molar-refractivity contribution in [2.24, 2.45) is 5.11 Å². The first-order valence-corrected chi connectivity index (χ1v) is 1.84. The third-order valence-corrected chi connectivity index (χ3v) is 0.540. The Morgan fingerprint density at radius 3 is 2.29 bits per heavy atom. The van der Waals surface area contributed by atoms with Crippen LogP contribution < -0.4 is 0 Å². The molecule has 0 aliphatic carbocycles. The minimum atomic E-state index is -1.57. The molecule has 0 rings (SSSR count). The molecular formula is C3H8N2O2. The van der Waals surface area contributed by atoms with Gasteiger partial charge in [-0.15, -0.1) is 0 Å². The highest BCUT2D eigenvalue weighted by molar-refractivity contribution is 4.60. The van der Waals surface area contributed by atoms with E-state index in [4.69, 9.17) is 15.7 Å². The van der Waals surface area contributed by atoms with E-state index in [-0.39, 0.29) is 0 Å². The van der Waals surface area contributed by atoms with Crippen LogP contribution in [0.5, 0.6) is 0 Å². The van der Waals surface area contributed by atoms with E-state index in [1.54, 1.807) is 0 Å². The van der Waals surface area contributed by atoms with Crippen molar-refractivity contribution in [2.75, 3.05) is 6.61 Å². The molecule has 0 bridgehead atoms. The van der Waals surface area contributed by atoms with Crippen LogP contribution in [-0.4, -0.2) is 22.5 Å². The lowest BCUT2D eigenvalue weighted by atomic mass is 10.3. The van der Waals surface area contributed by atoms with Crippen molar-refractivity contribution >= 4 is 0 Å². The Morgan fingerprint density at radius 2 is 2.29 bits per heavy atom. The van der Waals surface area contributed by atoms with Crippen molar-refractivity contribution in [1.29, 1.82) is 5.53 Å². The van der Waals surface area contributed by atoms with Gasteiger partial charge in [0, 0.05) is 0 Å². The average Bonchev–Trinajstić information content (AvgIpc) is 1.68. The van der Waals surface area contributed by atoms with Crippen molar-refractivity contribution in [2.45, 2.75) is 12.6 Å². The van der Waals surface area contributed by atoms with E-state index in [1.807, 2.05) is 0 Å². The van der Waals surface area contributed by atoms with Gasteiger partial charge in [-0.05, 0) is 6.92 Å². The zero-order valence-electron chi connectivity index (χ0n) is 4.05. The van der Waals surface area contributed by atoms with Crippen LogP contribution in [0.25, 0.3) is 0 Å². The standard InChI is InChI=1S/C3H8N2O2/c1-3(7,2-6)5-4/h4,6-7H,2H2,1H3. The zero-order chi connectivity index (χ0) is 5.91. The van der Waals surface area contributed by atoms with Gasteiger partial charge >= 0.3 is 0 Å². The molecule has 0 aromatic carbocycles. The Labute approximate surface area is 41.3 Å². The van der Waals surface area contributed by atoms with E-state index in [0.717, 1.165) is 0 Å². The van der Waals surface area contributed by atoms with E-state index in [1.165, 1.54) is 6.92 Å². The van der Waals surface area contributed by atoms with E-state index in [9.17, 15) is 0 Å². The van der Waals surface area contributed by atoms with Crippen LogP contribution in [0.3, 0.4) is 0 Å². The molecule has 0 aliphatic heterocycles. The number of hydrogen-bond donors (Lipinski definition) is 3. The lowest BCUT2D eigenvalue weighted by Gasteiger charge is -2.09. The first-order valence-electron chi connectivity index (χ1n) is 1.84. The van der Waals surface area contributed by atoms with E-state index >= 15 is 0 Å². The topological polar surface area (TPSA) is 76.7 Å². The molecule has 0 saturated carbocycles. The zero-order valence-corrected chi connectivity index (χ0v) is 4.05. The Balaban J connectivity index is 3.58. The molecule has 0 saturated heterocycles. The van der Waals surface area contributed by atoms with Gasteiger partial charge in [0.25, 0.3) is 0 Å². The number of rotatable bonds is 2. The van der Waals surface area contributed by atoms with Crippen LogP contribution in [0, 0.1) is 5.53 Å². The van der Waals surface area contributed by atoms with Crippen LogP contribution in [0.1, 0.15) is 6.92 Å². The molecule has 0 aliphatic rings. The number of aliphatic hydroxyl groups is 2. The second kappa shape index (κ2) is 1.99. The summed E-state index contributed by atoms with van der Waals surface area (Å²) in [4.78, 5) is 0. The summed E-state index contributed by atoms with van der Waals surface area (Å²) >= 11 is 0. The third kappa shape index (κ3) is 2.24. The maximum absolute atomic E-state index is 8.53. The number of nitrogens with one attached hydrogen (secondary N) is 1. The normalized spacial score (nSPS) is 18.1. The van der Waals surface area contributed by atoms with E-state index < -0.39 is 12.3 Å². The molecule has 3 N–H and O–H groups in total. The fourth-order valence-electron chi connectivity index (χ4n) is 0.0354. The molecule has 0 heterocycles. The quantitative estimate of drug-likeness (QED) is 0.421. The smallest absolute Gasteiger partial charge is 0.196 e. The summed E-state index contributed by atoms with van der Waals surface area (Å²) in [6.45, 7) is 0.747.